The van der Waals surface area contributed by atoms with Gasteiger partial charge in [-0.1, -0.05) is 11.6 Å². The maximum atomic E-state index is 12.9. The number of halogens is 1. The van der Waals surface area contributed by atoms with E-state index in [9.17, 15) is 9.90 Å². The van der Waals surface area contributed by atoms with Gasteiger partial charge in [-0.3, -0.25) is 4.79 Å². The Bertz CT molecular complexity index is 1210. The monoisotopic (exact) mass is 582 g/mol. The number of carbonyl (C=O) groups is 1. The molecule has 2 saturated heterocycles. The van der Waals surface area contributed by atoms with Gasteiger partial charge in [0.1, 0.15) is 11.8 Å². The molecule has 1 aromatic heterocycles. The number of nitriles is 1. The highest BCUT2D eigenvalue weighted by atomic mass is 35.5. The van der Waals surface area contributed by atoms with Crippen LogP contribution in [0.25, 0.3) is 0 Å². The summed E-state index contributed by atoms with van der Waals surface area (Å²) in [5.74, 6) is 1.63. The van der Waals surface area contributed by atoms with Crippen LogP contribution in [-0.4, -0.2) is 90.3 Å². The zero-order chi connectivity index (χ0) is 28.8. The fourth-order valence-electron chi connectivity index (χ4n) is 6.13. The van der Waals surface area contributed by atoms with E-state index in [0.717, 1.165) is 83.5 Å². The number of nitrogens with one attached hydrogen (secondary N) is 1. The van der Waals surface area contributed by atoms with Crippen LogP contribution in [0.4, 0.5) is 5.82 Å². The van der Waals surface area contributed by atoms with E-state index < -0.39 is 0 Å². The van der Waals surface area contributed by atoms with Gasteiger partial charge in [0.25, 0.3) is 5.91 Å². The summed E-state index contributed by atoms with van der Waals surface area (Å²) in [7, 11) is 1.77. The SMILES string of the molecule is CO[C@H]1CN(c2ccc(C(=O)NC3CCC(Oc4ccc(C#N)c(Cl)c4)CC3)nn2)CC[C@@H]1CN1CCC(O)CC1. The van der Waals surface area contributed by atoms with Crippen molar-refractivity contribution in [1.29, 1.82) is 5.26 Å². The van der Waals surface area contributed by atoms with Crippen LogP contribution >= 0.6 is 11.6 Å². The Morgan fingerprint density at radius 2 is 1.88 bits per heavy atom. The number of piperidine rings is 2. The Kier molecular flexibility index (Phi) is 9.93. The lowest BCUT2D eigenvalue weighted by atomic mass is 9.92. The maximum Gasteiger partial charge on any atom is 0.272 e. The minimum atomic E-state index is -0.215. The van der Waals surface area contributed by atoms with Crippen molar-refractivity contribution in [3.63, 3.8) is 0 Å². The molecule has 2 N–H and O–H groups in total. The molecular weight excluding hydrogens is 544 g/mol. The number of hydrogen-bond acceptors (Lipinski definition) is 9. The van der Waals surface area contributed by atoms with E-state index in [1.54, 1.807) is 31.4 Å². The minimum Gasteiger partial charge on any atom is -0.490 e. The van der Waals surface area contributed by atoms with E-state index in [2.05, 4.69) is 31.4 Å². The highest BCUT2D eigenvalue weighted by Gasteiger charge is 2.32. The Balaban J connectivity index is 1.07. The van der Waals surface area contributed by atoms with Crippen molar-refractivity contribution in [1.82, 2.24) is 20.4 Å². The number of nitrogens with zero attached hydrogens (tertiary/aromatic N) is 5. The molecule has 0 bridgehead atoms. The number of aliphatic hydroxyl groups is 1. The lowest BCUT2D eigenvalue weighted by Gasteiger charge is -2.41. The molecule has 11 heteroatoms. The molecule has 2 atom stereocenters. The van der Waals surface area contributed by atoms with E-state index in [0.29, 0.717) is 27.9 Å². The summed E-state index contributed by atoms with van der Waals surface area (Å²) in [6.07, 6.45) is 5.88. The molecule has 0 radical (unpaired) electrons. The molecule has 3 fully saturated rings. The number of likely N-dealkylation sites (tertiary alicyclic amines) is 1. The van der Waals surface area contributed by atoms with Crippen molar-refractivity contribution in [2.45, 2.75) is 69.3 Å². The van der Waals surface area contributed by atoms with E-state index in [4.69, 9.17) is 26.3 Å². The average molecular weight is 583 g/mol. The Morgan fingerprint density at radius 1 is 1.10 bits per heavy atom. The number of amides is 1. The third-order valence-electron chi connectivity index (χ3n) is 8.63. The third-order valence-corrected chi connectivity index (χ3v) is 8.94. The van der Waals surface area contributed by atoms with E-state index in [1.165, 1.54) is 0 Å². The number of hydrogen-bond donors (Lipinski definition) is 2. The number of aromatic nitrogens is 2. The number of carbonyl (C=O) groups excluding carboxylic acids is 1. The summed E-state index contributed by atoms with van der Waals surface area (Å²) < 4.78 is 11.9. The van der Waals surface area contributed by atoms with Gasteiger partial charge in [-0.15, -0.1) is 10.2 Å². The lowest BCUT2D eigenvalue weighted by Crippen LogP contribution is -2.50. The molecule has 3 heterocycles. The van der Waals surface area contributed by atoms with Crippen LogP contribution in [0.1, 0.15) is 61.0 Å². The van der Waals surface area contributed by atoms with Crippen molar-refractivity contribution in [2.24, 2.45) is 5.92 Å². The van der Waals surface area contributed by atoms with Gasteiger partial charge in [-0.2, -0.15) is 5.26 Å². The molecule has 2 aromatic rings. The highest BCUT2D eigenvalue weighted by molar-refractivity contribution is 6.31. The zero-order valence-electron chi connectivity index (χ0n) is 23.5. The number of benzene rings is 1. The van der Waals surface area contributed by atoms with Crippen LogP contribution < -0.4 is 15.0 Å². The molecule has 1 saturated carbocycles. The topological polar surface area (TPSA) is 124 Å². The van der Waals surface area contributed by atoms with Crippen molar-refractivity contribution < 1.29 is 19.4 Å². The van der Waals surface area contributed by atoms with Gasteiger partial charge in [0, 0.05) is 57.9 Å². The number of methoxy groups -OCH3 is 1. The third kappa shape index (κ3) is 7.66. The Morgan fingerprint density at radius 3 is 2.54 bits per heavy atom. The predicted octanol–water partition coefficient (Wildman–Crippen LogP) is 3.42. The van der Waals surface area contributed by atoms with Gasteiger partial charge in [0.2, 0.25) is 0 Å². The van der Waals surface area contributed by atoms with Crippen LogP contribution in [0.15, 0.2) is 30.3 Å². The second-order valence-electron chi connectivity index (χ2n) is 11.4. The van der Waals surface area contributed by atoms with E-state index >= 15 is 0 Å². The molecule has 0 unspecified atom stereocenters. The predicted molar refractivity (Wildman–Crippen MR) is 155 cm³/mol. The van der Waals surface area contributed by atoms with Gasteiger partial charge in [-0.05, 0) is 69.2 Å². The van der Waals surface area contributed by atoms with Crippen molar-refractivity contribution in [3.05, 3.63) is 46.6 Å². The standard InChI is InChI=1S/C30H39ClN6O4/c1-40-28-19-37(15-10-21(28)18-36-13-11-23(38)12-14-36)29-9-8-27(34-35-29)30(39)33-22-3-6-24(7-4-22)41-25-5-2-20(17-32)26(31)16-25/h2,5,8-9,16,21-24,28,38H,3-4,6-7,10-15,18-19H2,1H3,(H,33,39)/t21-,22?,24?,28+/m1/s1. The first-order valence-electron chi connectivity index (χ1n) is 14.6. The largest absolute Gasteiger partial charge is 0.490 e. The van der Waals surface area contributed by atoms with Gasteiger partial charge >= 0.3 is 0 Å². The second-order valence-corrected chi connectivity index (χ2v) is 11.8. The first kappa shape index (κ1) is 29.5. The summed E-state index contributed by atoms with van der Waals surface area (Å²) in [4.78, 5) is 17.5. The van der Waals surface area contributed by atoms with E-state index in [1.807, 2.05) is 6.07 Å². The Hall–Kier alpha value is -2.97. The molecule has 1 aromatic carbocycles. The Labute approximate surface area is 246 Å². The summed E-state index contributed by atoms with van der Waals surface area (Å²) in [6, 6.07) is 10.8. The average Bonchev–Trinajstić information content (AvgIpc) is 2.99. The maximum absolute atomic E-state index is 12.9. The number of ether oxygens (including phenoxy) is 2. The lowest BCUT2D eigenvalue weighted by molar-refractivity contribution is 0.0119. The van der Waals surface area contributed by atoms with Gasteiger partial charge in [0.15, 0.2) is 11.5 Å². The van der Waals surface area contributed by atoms with Crippen molar-refractivity contribution in [3.8, 4) is 11.8 Å². The summed E-state index contributed by atoms with van der Waals surface area (Å²) in [5.41, 5.74) is 0.737. The molecule has 10 nitrogen and oxygen atoms in total. The quantitative estimate of drug-likeness (QED) is 0.482. The molecule has 220 valence electrons. The normalized spacial score (nSPS) is 25.9. The van der Waals surface area contributed by atoms with Gasteiger partial charge < -0.3 is 29.7 Å². The zero-order valence-corrected chi connectivity index (χ0v) is 24.3. The van der Waals surface area contributed by atoms with Crippen LogP contribution in [0.5, 0.6) is 5.75 Å². The number of aliphatic hydroxyl groups excluding tert-OH is 1. The summed E-state index contributed by atoms with van der Waals surface area (Å²) in [5, 5.41) is 30.9. The van der Waals surface area contributed by atoms with Crippen molar-refractivity contribution in [2.75, 3.05) is 44.7 Å². The second kappa shape index (κ2) is 13.8. The summed E-state index contributed by atoms with van der Waals surface area (Å²) in [6.45, 7) is 4.46. The molecule has 2 aliphatic heterocycles. The van der Waals surface area contributed by atoms with Crippen LogP contribution in [0.3, 0.4) is 0 Å². The molecule has 0 spiro atoms. The molecule has 1 amide bonds. The minimum absolute atomic E-state index is 0.0408. The number of anilines is 1. The van der Waals surface area contributed by atoms with Crippen LogP contribution in [-0.2, 0) is 4.74 Å². The first-order valence-corrected chi connectivity index (χ1v) is 15.0. The van der Waals surface area contributed by atoms with Gasteiger partial charge in [-0.25, -0.2) is 0 Å². The molecule has 1 aliphatic carbocycles. The fraction of sp³-hybridized carbons (Fsp3) is 0.600. The first-order chi connectivity index (χ1) is 19.9. The van der Waals surface area contributed by atoms with Crippen LogP contribution in [0.2, 0.25) is 5.02 Å². The smallest absolute Gasteiger partial charge is 0.272 e. The molecule has 5 rings (SSSR count). The highest BCUT2D eigenvalue weighted by Crippen LogP contribution is 2.28. The van der Waals surface area contributed by atoms with Crippen molar-refractivity contribution >= 4 is 23.3 Å². The fourth-order valence-corrected chi connectivity index (χ4v) is 6.35. The van der Waals surface area contributed by atoms with Crippen LogP contribution in [0, 0.1) is 17.2 Å². The summed E-state index contributed by atoms with van der Waals surface area (Å²) >= 11 is 6.12. The number of rotatable bonds is 8. The molecular formula is C30H39ClN6O4. The van der Waals surface area contributed by atoms with E-state index in [-0.39, 0.29) is 30.3 Å². The molecule has 3 aliphatic rings. The molecule has 41 heavy (non-hydrogen) atoms. The van der Waals surface area contributed by atoms with Gasteiger partial charge in [0.05, 0.1) is 28.9 Å².